The van der Waals surface area contributed by atoms with Crippen molar-refractivity contribution in [3.8, 4) is 0 Å². The van der Waals surface area contributed by atoms with E-state index in [9.17, 15) is 14.0 Å². The van der Waals surface area contributed by atoms with Gasteiger partial charge in [-0.05, 0) is 37.6 Å². The molecule has 4 heteroatoms. The molecule has 23 heavy (non-hydrogen) atoms. The fourth-order valence-electron chi connectivity index (χ4n) is 4.38. The molecule has 1 aliphatic heterocycles. The zero-order chi connectivity index (χ0) is 16.3. The lowest BCUT2D eigenvalue weighted by atomic mass is 9.85. The Hall–Kier alpha value is -2.23. The number of imide groups is 1. The van der Waals surface area contributed by atoms with Gasteiger partial charge < -0.3 is 0 Å². The largest absolute Gasteiger partial charge is 0.274 e. The molecule has 2 bridgehead atoms. The lowest BCUT2D eigenvalue weighted by Crippen LogP contribution is -2.33. The van der Waals surface area contributed by atoms with Crippen molar-refractivity contribution in [2.75, 3.05) is 4.90 Å². The Morgan fingerprint density at radius 1 is 1.04 bits per heavy atom. The second-order valence-corrected chi connectivity index (χ2v) is 6.57. The van der Waals surface area contributed by atoms with Gasteiger partial charge in [-0.25, -0.2) is 9.29 Å². The molecule has 1 aromatic carbocycles. The van der Waals surface area contributed by atoms with Crippen LogP contribution in [-0.2, 0) is 9.59 Å². The molecule has 4 atom stereocenters. The SMILES string of the molecule is CCC(C)=C1C2C=CC1C1C(=O)N(c3ccc(F)cc3)C(=O)C21. The number of halogens is 1. The van der Waals surface area contributed by atoms with Crippen LogP contribution in [0.25, 0.3) is 0 Å². The molecule has 3 aliphatic rings. The number of rotatable bonds is 2. The quantitative estimate of drug-likeness (QED) is 0.619. The van der Waals surface area contributed by atoms with Crippen LogP contribution in [-0.4, -0.2) is 11.8 Å². The minimum atomic E-state index is -0.376. The number of allylic oxidation sites excluding steroid dienone is 4. The number of carbonyl (C=O) groups is 2. The fraction of sp³-hybridized carbons (Fsp3) is 0.368. The average Bonchev–Trinajstić information content (AvgIpc) is 3.18. The first kappa shape index (κ1) is 14.4. The summed E-state index contributed by atoms with van der Waals surface area (Å²) in [7, 11) is 0. The molecule has 0 N–H and O–H groups in total. The number of amides is 2. The molecule has 0 radical (unpaired) electrons. The molecule has 0 aromatic heterocycles. The van der Waals surface area contributed by atoms with Crippen molar-refractivity contribution in [1.82, 2.24) is 0 Å². The molecule has 2 amide bonds. The van der Waals surface area contributed by atoms with Crippen LogP contribution in [0.15, 0.2) is 47.6 Å². The Bertz CT molecular complexity index is 728. The van der Waals surface area contributed by atoms with Crippen LogP contribution in [0.5, 0.6) is 0 Å². The first-order chi connectivity index (χ1) is 11.0. The fourth-order valence-corrected chi connectivity index (χ4v) is 4.38. The number of anilines is 1. The lowest BCUT2D eigenvalue weighted by molar-refractivity contribution is -0.122. The summed E-state index contributed by atoms with van der Waals surface area (Å²) in [5, 5.41) is 0. The second kappa shape index (κ2) is 4.88. The van der Waals surface area contributed by atoms with E-state index in [1.54, 1.807) is 0 Å². The van der Waals surface area contributed by atoms with E-state index in [4.69, 9.17) is 0 Å². The highest BCUT2D eigenvalue weighted by Gasteiger charge is 2.61. The lowest BCUT2D eigenvalue weighted by Gasteiger charge is -2.19. The minimum Gasteiger partial charge on any atom is -0.274 e. The summed E-state index contributed by atoms with van der Waals surface area (Å²) in [5.41, 5.74) is 3.02. The molecule has 1 saturated carbocycles. The zero-order valence-electron chi connectivity index (χ0n) is 13.1. The number of nitrogens with zero attached hydrogens (tertiary/aromatic N) is 1. The third-order valence-electron chi connectivity index (χ3n) is 5.52. The predicted molar refractivity (Wildman–Crippen MR) is 85.0 cm³/mol. The first-order valence-corrected chi connectivity index (χ1v) is 8.05. The van der Waals surface area contributed by atoms with Gasteiger partial charge in [0.2, 0.25) is 11.8 Å². The molecule has 4 unspecified atom stereocenters. The Balaban J connectivity index is 1.74. The summed E-state index contributed by atoms with van der Waals surface area (Å²) in [5.74, 6) is -1.16. The highest BCUT2D eigenvalue weighted by atomic mass is 19.1. The third kappa shape index (κ3) is 1.81. The van der Waals surface area contributed by atoms with Gasteiger partial charge in [0.1, 0.15) is 5.82 Å². The van der Waals surface area contributed by atoms with E-state index < -0.39 is 0 Å². The van der Waals surface area contributed by atoms with Gasteiger partial charge in [-0.1, -0.05) is 30.2 Å². The maximum Gasteiger partial charge on any atom is 0.238 e. The van der Waals surface area contributed by atoms with Crippen LogP contribution in [0.3, 0.4) is 0 Å². The number of fused-ring (bicyclic) bond motifs is 5. The van der Waals surface area contributed by atoms with E-state index in [1.807, 2.05) is 0 Å². The highest BCUT2D eigenvalue weighted by Crippen LogP contribution is 2.57. The summed E-state index contributed by atoms with van der Waals surface area (Å²) in [4.78, 5) is 27.0. The van der Waals surface area contributed by atoms with E-state index in [-0.39, 0.29) is 41.3 Å². The molecule has 4 rings (SSSR count). The van der Waals surface area contributed by atoms with Crippen LogP contribution in [0, 0.1) is 29.5 Å². The highest BCUT2D eigenvalue weighted by molar-refractivity contribution is 6.23. The third-order valence-corrected chi connectivity index (χ3v) is 5.52. The van der Waals surface area contributed by atoms with E-state index in [1.165, 1.54) is 40.3 Å². The van der Waals surface area contributed by atoms with Crippen molar-refractivity contribution in [2.45, 2.75) is 20.3 Å². The predicted octanol–water partition coefficient (Wildman–Crippen LogP) is 3.47. The molecule has 2 fully saturated rings. The molecular weight excluding hydrogens is 293 g/mol. The van der Waals surface area contributed by atoms with Crippen molar-refractivity contribution in [3.05, 3.63) is 53.4 Å². The van der Waals surface area contributed by atoms with Gasteiger partial charge in [0.05, 0.1) is 17.5 Å². The molecule has 1 saturated heterocycles. The Morgan fingerprint density at radius 2 is 1.57 bits per heavy atom. The van der Waals surface area contributed by atoms with Crippen molar-refractivity contribution >= 4 is 17.5 Å². The normalized spacial score (nSPS) is 31.3. The average molecular weight is 311 g/mol. The summed E-state index contributed by atoms with van der Waals surface area (Å²) in [6.45, 7) is 4.19. The molecule has 1 heterocycles. The van der Waals surface area contributed by atoms with Crippen LogP contribution >= 0.6 is 0 Å². The summed E-state index contributed by atoms with van der Waals surface area (Å²) in [6, 6.07) is 5.55. The Labute approximate surface area is 134 Å². The monoisotopic (exact) mass is 311 g/mol. The maximum absolute atomic E-state index is 13.1. The molecule has 3 nitrogen and oxygen atoms in total. The van der Waals surface area contributed by atoms with Crippen molar-refractivity contribution in [1.29, 1.82) is 0 Å². The van der Waals surface area contributed by atoms with Crippen molar-refractivity contribution in [2.24, 2.45) is 23.7 Å². The van der Waals surface area contributed by atoms with Gasteiger partial charge in [0.25, 0.3) is 0 Å². The standard InChI is InChI=1S/C19H18FNO2/c1-3-10(2)15-13-8-9-14(15)17-16(13)18(22)21(19(17)23)12-6-4-11(20)5-7-12/h4-9,13-14,16-17H,3H2,1-2H3. The second-order valence-electron chi connectivity index (χ2n) is 6.57. The van der Waals surface area contributed by atoms with Crippen LogP contribution in [0.4, 0.5) is 10.1 Å². The summed E-state index contributed by atoms with van der Waals surface area (Å²) < 4.78 is 13.1. The van der Waals surface area contributed by atoms with Crippen LogP contribution < -0.4 is 4.90 Å². The van der Waals surface area contributed by atoms with Crippen LogP contribution in [0.2, 0.25) is 0 Å². The van der Waals surface area contributed by atoms with E-state index in [0.717, 1.165) is 6.42 Å². The van der Waals surface area contributed by atoms with Gasteiger partial charge in [-0.2, -0.15) is 0 Å². The van der Waals surface area contributed by atoms with Crippen LogP contribution in [0.1, 0.15) is 20.3 Å². The Kier molecular flexibility index (Phi) is 3.05. The minimum absolute atomic E-state index is 0.0480. The maximum atomic E-state index is 13.1. The van der Waals surface area contributed by atoms with Crippen molar-refractivity contribution < 1.29 is 14.0 Å². The van der Waals surface area contributed by atoms with Gasteiger partial charge in [-0.3, -0.25) is 9.59 Å². The van der Waals surface area contributed by atoms with E-state index >= 15 is 0 Å². The first-order valence-electron chi connectivity index (χ1n) is 8.05. The smallest absolute Gasteiger partial charge is 0.238 e. The number of hydrogen-bond acceptors (Lipinski definition) is 2. The molecule has 2 aliphatic carbocycles. The number of carbonyl (C=O) groups excluding carboxylic acids is 2. The van der Waals surface area contributed by atoms with Gasteiger partial charge in [0.15, 0.2) is 0 Å². The molecule has 1 aromatic rings. The summed E-state index contributed by atoms with van der Waals surface area (Å²) in [6.07, 6.45) is 5.10. The number of hydrogen-bond donors (Lipinski definition) is 0. The Morgan fingerprint density at radius 3 is 2.04 bits per heavy atom. The van der Waals surface area contributed by atoms with Crippen molar-refractivity contribution in [3.63, 3.8) is 0 Å². The number of benzene rings is 1. The molecule has 118 valence electrons. The van der Waals surface area contributed by atoms with Gasteiger partial charge in [0, 0.05) is 11.8 Å². The van der Waals surface area contributed by atoms with E-state index in [2.05, 4.69) is 26.0 Å². The van der Waals surface area contributed by atoms with Gasteiger partial charge >= 0.3 is 0 Å². The molecule has 0 spiro atoms. The topological polar surface area (TPSA) is 37.4 Å². The molecular formula is C19H18FNO2. The van der Waals surface area contributed by atoms with E-state index in [0.29, 0.717) is 5.69 Å². The summed E-state index contributed by atoms with van der Waals surface area (Å²) >= 11 is 0. The van der Waals surface area contributed by atoms with Gasteiger partial charge in [-0.15, -0.1) is 0 Å². The zero-order valence-corrected chi connectivity index (χ0v) is 13.1.